The lowest BCUT2D eigenvalue weighted by Gasteiger charge is -2.48. The van der Waals surface area contributed by atoms with Crippen molar-refractivity contribution >= 4 is 17.4 Å². The minimum atomic E-state index is -0.247. The van der Waals surface area contributed by atoms with Crippen LogP contribution < -0.4 is 15.0 Å². The van der Waals surface area contributed by atoms with E-state index >= 15 is 0 Å². The number of aromatic nitrogens is 4. The molecule has 1 aromatic carbocycles. The second kappa shape index (κ2) is 7.90. The van der Waals surface area contributed by atoms with E-state index in [0.29, 0.717) is 47.5 Å². The smallest absolute Gasteiger partial charge is 0.260 e. The lowest BCUT2D eigenvalue weighted by Crippen LogP contribution is -2.57. The molecule has 32 heavy (non-hydrogen) atoms. The highest BCUT2D eigenvalue weighted by Gasteiger charge is 2.38. The van der Waals surface area contributed by atoms with E-state index in [1.807, 2.05) is 34.9 Å². The number of carbonyl (C=O) groups is 1. The number of carbonyl (C=O) groups excluding carboxylic acids is 1. The number of piperidine rings is 1. The van der Waals surface area contributed by atoms with E-state index in [9.17, 15) is 4.79 Å². The Hall–Kier alpha value is -3.46. The van der Waals surface area contributed by atoms with Gasteiger partial charge in [0.1, 0.15) is 23.6 Å². The highest BCUT2D eigenvalue weighted by Crippen LogP contribution is 2.33. The van der Waals surface area contributed by atoms with Crippen LogP contribution in [0.5, 0.6) is 5.75 Å². The first-order valence-electron chi connectivity index (χ1n) is 11.1. The molecule has 9 nitrogen and oxygen atoms in total. The van der Waals surface area contributed by atoms with Crippen molar-refractivity contribution in [1.29, 1.82) is 0 Å². The number of rotatable bonds is 1. The Morgan fingerprint density at radius 2 is 1.97 bits per heavy atom. The van der Waals surface area contributed by atoms with Crippen molar-refractivity contribution in [1.82, 2.24) is 19.7 Å². The number of pyridine rings is 1. The lowest BCUT2D eigenvalue weighted by molar-refractivity contribution is -0.133. The van der Waals surface area contributed by atoms with Crippen LogP contribution in [0.25, 0.3) is 11.5 Å². The standard InChI is InChI=1S/C23H24N6O3/c30-23-18-10-15(29-12-16-11-17(13-29)32-16)6-7-20(18)31-9-2-1-8-28-14-24-27-22(28)19-4-3-5-21(25-19)26-23/h3-7,10,14,16-17H,1-2,8-9,11-13H2,(H,25,26,30). The summed E-state index contributed by atoms with van der Waals surface area (Å²) in [6.07, 6.45) is 5.17. The third-order valence-corrected chi connectivity index (χ3v) is 6.22. The van der Waals surface area contributed by atoms with E-state index in [-0.39, 0.29) is 5.91 Å². The van der Waals surface area contributed by atoms with Crippen LogP contribution >= 0.6 is 0 Å². The summed E-state index contributed by atoms with van der Waals surface area (Å²) >= 11 is 0. The Morgan fingerprint density at radius 1 is 1.09 bits per heavy atom. The molecule has 3 aromatic rings. The predicted molar refractivity (Wildman–Crippen MR) is 118 cm³/mol. The summed E-state index contributed by atoms with van der Waals surface area (Å²) in [6, 6.07) is 11.4. The SMILES string of the molecule is O=C1Nc2cccc(n2)-c2nncn2CCCCOc2ccc(N3CC4CC(C3)O4)cc21. The van der Waals surface area contributed by atoms with Crippen LogP contribution in [0.1, 0.15) is 29.6 Å². The van der Waals surface area contributed by atoms with E-state index in [0.717, 1.165) is 44.6 Å². The molecule has 0 radical (unpaired) electrons. The van der Waals surface area contributed by atoms with Gasteiger partial charge in [-0.05, 0) is 43.2 Å². The second-order valence-electron chi connectivity index (χ2n) is 8.47. The van der Waals surface area contributed by atoms with Crippen LogP contribution in [0.3, 0.4) is 0 Å². The highest BCUT2D eigenvalue weighted by molar-refractivity contribution is 6.06. The van der Waals surface area contributed by atoms with Gasteiger partial charge in [-0.25, -0.2) is 4.98 Å². The van der Waals surface area contributed by atoms with Gasteiger partial charge in [0.25, 0.3) is 5.91 Å². The third-order valence-electron chi connectivity index (χ3n) is 6.22. The normalized spacial score (nSPS) is 22.5. The van der Waals surface area contributed by atoms with E-state index in [1.54, 1.807) is 12.4 Å². The fourth-order valence-electron chi connectivity index (χ4n) is 4.58. The molecule has 2 aromatic heterocycles. The van der Waals surface area contributed by atoms with E-state index < -0.39 is 0 Å². The summed E-state index contributed by atoms with van der Waals surface area (Å²) in [5.74, 6) is 1.49. The molecule has 0 saturated carbocycles. The molecule has 2 unspecified atom stereocenters. The van der Waals surface area contributed by atoms with E-state index in [2.05, 4.69) is 25.4 Å². The fraction of sp³-hybridized carbons (Fsp3) is 0.391. The van der Waals surface area contributed by atoms with Crippen molar-refractivity contribution in [2.24, 2.45) is 0 Å². The predicted octanol–water partition coefficient (Wildman–Crippen LogP) is 2.74. The van der Waals surface area contributed by atoms with Gasteiger partial charge in [-0.15, -0.1) is 10.2 Å². The molecule has 4 aliphatic rings. The molecule has 3 fully saturated rings. The number of morpholine rings is 1. The highest BCUT2D eigenvalue weighted by atomic mass is 16.5. The average molecular weight is 432 g/mol. The minimum absolute atomic E-state index is 0.247. The monoisotopic (exact) mass is 432 g/mol. The molecule has 1 N–H and O–H groups in total. The Kier molecular flexibility index (Phi) is 4.75. The van der Waals surface area contributed by atoms with Gasteiger partial charge in [-0.2, -0.15) is 0 Å². The number of hydrogen-bond acceptors (Lipinski definition) is 7. The van der Waals surface area contributed by atoms with E-state index in [4.69, 9.17) is 9.47 Å². The zero-order valence-corrected chi connectivity index (χ0v) is 17.6. The molecule has 7 rings (SSSR count). The largest absolute Gasteiger partial charge is 0.493 e. The number of nitrogens with zero attached hydrogens (tertiary/aromatic N) is 5. The summed E-state index contributed by atoms with van der Waals surface area (Å²) in [5.41, 5.74) is 2.20. The molecule has 1 amide bonds. The quantitative estimate of drug-likeness (QED) is 0.632. The summed E-state index contributed by atoms with van der Waals surface area (Å²) < 4.78 is 13.8. The van der Waals surface area contributed by atoms with Gasteiger partial charge in [0.15, 0.2) is 5.82 Å². The molecular formula is C23H24N6O3. The third kappa shape index (κ3) is 3.58. The number of benzene rings is 1. The van der Waals surface area contributed by atoms with Crippen LogP contribution in [0.2, 0.25) is 0 Å². The zero-order chi connectivity index (χ0) is 21.5. The number of hydrogen-bond donors (Lipinski definition) is 1. The summed E-state index contributed by atoms with van der Waals surface area (Å²) in [7, 11) is 0. The Balaban J connectivity index is 1.34. The van der Waals surface area contributed by atoms with Gasteiger partial charge in [-0.1, -0.05) is 6.07 Å². The maximum atomic E-state index is 13.3. The Morgan fingerprint density at radius 3 is 2.84 bits per heavy atom. The van der Waals surface area contributed by atoms with Crippen LogP contribution in [0.15, 0.2) is 42.7 Å². The molecule has 9 heteroatoms. The first-order chi connectivity index (χ1) is 15.7. The molecule has 0 aliphatic carbocycles. The summed E-state index contributed by atoms with van der Waals surface area (Å²) in [4.78, 5) is 20.2. The lowest BCUT2D eigenvalue weighted by atomic mass is 9.98. The van der Waals surface area contributed by atoms with Crippen molar-refractivity contribution in [2.45, 2.75) is 38.0 Å². The molecule has 3 saturated heterocycles. The minimum Gasteiger partial charge on any atom is -0.493 e. The molecule has 2 atom stereocenters. The van der Waals surface area contributed by atoms with Gasteiger partial charge < -0.3 is 24.3 Å². The van der Waals surface area contributed by atoms with Gasteiger partial charge in [-0.3, -0.25) is 4.79 Å². The number of amides is 1. The van der Waals surface area contributed by atoms with Crippen molar-refractivity contribution in [3.8, 4) is 17.3 Å². The first-order valence-corrected chi connectivity index (χ1v) is 11.1. The topological polar surface area (TPSA) is 94.4 Å². The molecule has 164 valence electrons. The summed E-state index contributed by atoms with van der Waals surface area (Å²) in [6.45, 7) is 3.00. The van der Waals surface area contributed by atoms with Gasteiger partial charge in [0.05, 0.1) is 24.4 Å². The molecule has 4 aliphatic heterocycles. The molecule has 6 heterocycles. The summed E-state index contributed by atoms with van der Waals surface area (Å²) in [5, 5.41) is 11.2. The van der Waals surface area contributed by atoms with Crippen LogP contribution in [-0.2, 0) is 11.3 Å². The fourth-order valence-corrected chi connectivity index (χ4v) is 4.58. The number of aryl methyl sites for hydroxylation is 1. The molecule has 0 spiro atoms. The van der Waals surface area contributed by atoms with Crippen molar-refractivity contribution in [3.05, 3.63) is 48.3 Å². The number of anilines is 2. The number of fused-ring (bicyclic) bond motifs is 7. The van der Waals surface area contributed by atoms with Gasteiger partial charge >= 0.3 is 0 Å². The van der Waals surface area contributed by atoms with Gasteiger partial charge in [0, 0.05) is 31.7 Å². The second-order valence-corrected chi connectivity index (χ2v) is 8.47. The van der Waals surface area contributed by atoms with Gasteiger partial charge in [0.2, 0.25) is 0 Å². The zero-order valence-electron chi connectivity index (χ0n) is 17.6. The number of nitrogens with one attached hydrogen (secondary N) is 1. The van der Waals surface area contributed by atoms with Crippen LogP contribution in [0.4, 0.5) is 11.5 Å². The van der Waals surface area contributed by atoms with E-state index in [1.165, 1.54) is 0 Å². The maximum Gasteiger partial charge on any atom is 0.260 e. The molecule has 4 bridgehead atoms. The molecular weight excluding hydrogens is 408 g/mol. The van der Waals surface area contributed by atoms with Crippen molar-refractivity contribution in [3.63, 3.8) is 0 Å². The maximum absolute atomic E-state index is 13.3. The average Bonchev–Trinajstić information content (AvgIpc) is 3.27. The van der Waals surface area contributed by atoms with Crippen LogP contribution in [-0.4, -0.2) is 57.6 Å². The Labute approximate surface area is 185 Å². The van der Waals surface area contributed by atoms with Crippen molar-refractivity contribution in [2.75, 3.05) is 29.9 Å². The van der Waals surface area contributed by atoms with Crippen LogP contribution in [0, 0.1) is 0 Å². The number of ether oxygens (including phenoxy) is 2. The Bertz CT molecular complexity index is 1150. The first kappa shape index (κ1) is 19.2. The van der Waals surface area contributed by atoms with Crippen molar-refractivity contribution < 1.29 is 14.3 Å².